The average molecular weight is 318 g/mol. The molecule has 22 heavy (non-hydrogen) atoms. The molecule has 1 amide bonds. The lowest BCUT2D eigenvalue weighted by Crippen LogP contribution is -2.54. The zero-order chi connectivity index (χ0) is 16.5. The number of alkyl halides is 3. The van der Waals surface area contributed by atoms with Crippen molar-refractivity contribution in [3.05, 3.63) is 17.5 Å². The largest absolute Gasteiger partial charge is 0.404 e. The number of hydrogen-bond acceptors (Lipinski definition) is 3. The van der Waals surface area contributed by atoms with Crippen molar-refractivity contribution in [3.63, 3.8) is 0 Å². The number of piperidine rings is 1. The molecule has 8 heteroatoms. The van der Waals surface area contributed by atoms with Gasteiger partial charge in [-0.05, 0) is 25.8 Å². The molecule has 0 unspecified atom stereocenters. The zero-order valence-corrected chi connectivity index (χ0v) is 12.9. The van der Waals surface area contributed by atoms with Crippen molar-refractivity contribution in [3.8, 4) is 0 Å². The van der Waals surface area contributed by atoms with Gasteiger partial charge in [0.05, 0.1) is 17.5 Å². The molecule has 124 valence electrons. The quantitative estimate of drug-likeness (QED) is 0.899. The highest BCUT2D eigenvalue weighted by Crippen LogP contribution is 2.31. The number of carbonyl (C=O) groups is 1. The number of nitrogens with one attached hydrogen (secondary N) is 2. The molecule has 2 heterocycles. The first-order valence-corrected chi connectivity index (χ1v) is 7.31. The van der Waals surface area contributed by atoms with E-state index in [4.69, 9.17) is 0 Å². The second kappa shape index (κ2) is 6.28. The first-order valence-electron chi connectivity index (χ1n) is 7.31. The smallest absolute Gasteiger partial charge is 0.348 e. The number of H-pyrrole nitrogens is 1. The Morgan fingerprint density at radius 3 is 2.68 bits per heavy atom. The fourth-order valence-corrected chi connectivity index (χ4v) is 2.86. The van der Waals surface area contributed by atoms with Crippen LogP contribution in [0.15, 0.2) is 6.20 Å². The van der Waals surface area contributed by atoms with Gasteiger partial charge in [-0.3, -0.25) is 14.8 Å². The Morgan fingerprint density at radius 1 is 1.45 bits per heavy atom. The third-order valence-corrected chi connectivity index (χ3v) is 4.03. The number of likely N-dealkylation sites (tertiary alicyclic amines) is 1. The second-order valence-electron chi connectivity index (χ2n) is 6.10. The number of aromatic nitrogens is 2. The maximum atomic E-state index is 12.8. The number of halogens is 3. The summed E-state index contributed by atoms with van der Waals surface area (Å²) in [7, 11) is 1.44. The van der Waals surface area contributed by atoms with Crippen molar-refractivity contribution in [2.75, 3.05) is 13.6 Å². The Morgan fingerprint density at radius 2 is 2.14 bits per heavy atom. The normalized spacial score (nSPS) is 23.8. The molecular formula is C14H21F3N4O. The summed E-state index contributed by atoms with van der Waals surface area (Å²) < 4.78 is 38.4. The van der Waals surface area contributed by atoms with E-state index in [9.17, 15) is 18.0 Å². The third kappa shape index (κ3) is 3.60. The molecule has 2 atom stereocenters. The molecule has 0 radical (unpaired) electrons. The van der Waals surface area contributed by atoms with Gasteiger partial charge in [-0.25, -0.2) is 0 Å². The maximum absolute atomic E-state index is 12.8. The van der Waals surface area contributed by atoms with Crippen LogP contribution in [-0.4, -0.2) is 52.9 Å². The maximum Gasteiger partial charge on any atom is 0.404 e. The molecular weight excluding hydrogens is 297 g/mol. The molecule has 2 N–H and O–H groups in total. The van der Waals surface area contributed by atoms with E-state index in [1.165, 1.54) is 18.1 Å². The topological polar surface area (TPSA) is 61.0 Å². The van der Waals surface area contributed by atoms with Gasteiger partial charge in [0.15, 0.2) is 0 Å². The number of hydrogen-bond donors (Lipinski definition) is 2. The second-order valence-corrected chi connectivity index (χ2v) is 6.10. The monoisotopic (exact) mass is 318 g/mol. The number of aromatic amines is 1. The number of amides is 1. The lowest BCUT2D eigenvalue weighted by molar-refractivity contribution is -0.188. The van der Waals surface area contributed by atoms with Gasteiger partial charge in [0.2, 0.25) is 0 Å². The summed E-state index contributed by atoms with van der Waals surface area (Å²) in [5.41, 5.74) is 1.19. The highest BCUT2D eigenvalue weighted by Gasteiger charge is 2.44. The molecule has 1 aromatic rings. The van der Waals surface area contributed by atoms with Crippen molar-refractivity contribution in [2.24, 2.45) is 0 Å². The lowest BCUT2D eigenvalue weighted by Gasteiger charge is -2.38. The molecule has 0 saturated carbocycles. The molecule has 2 rings (SSSR count). The zero-order valence-electron chi connectivity index (χ0n) is 12.9. The van der Waals surface area contributed by atoms with Crippen LogP contribution in [0.2, 0.25) is 0 Å². The van der Waals surface area contributed by atoms with Crippen molar-refractivity contribution in [2.45, 2.75) is 50.9 Å². The SMILES string of the molecule is CC(C)c1[nH]ncc1C(=O)N[C@@H]1CC[C@H](C(F)(F)F)N(C)C1. The van der Waals surface area contributed by atoms with Crippen LogP contribution in [0.25, 0.3) is 0 Å². The van der Waals surface area contributed by atoms with E-state index in [0.29, 0.717) is 12.0 Å². The van der Waals surface area contributed by atoms with Gasteiger partial charge in [-0.2, -0.15) is 18.3 Å². The number of carbonyl (C=O) groups excluding carboxylic acids is 1. The van der Waals surface area contributed by atoms with Crippen LogP contribution in [0.5, 0.6) is 0 Å². The van der Waals surface area contributed by atoms with Gasteiger partial charge in [0.1, 0.15) is 6.04 Å². The fourth-order valence-electron chi connectivity index (χ4n) is 2.86. The first-order chi connectivity index (χ1) is 10.2. The highest BCUT2D eigenvalue weighted by molar-refractivity contribution is 5.95. The Labute approximate surface area is 127 Å². The van der Waals surface area contributed by atoms with Crippen LogP contribution in [0.1, 0.15) is 48.7 Å². The molecule has 0 bridgehead atoms. The fraction of sp³-hybridized carbons (Fsp3) is 0.714. The number of rotatable bonds is 3. The van der Waals surface area contributed by atoms with Gasteiger partial charge >= 0.3 is 6.18 Å². The molecule has 1 aliphatic rings. The Balaban J connectivity index is 1.98. The highest BCUT2D eigenvalue weighted by atomic mass is 19.4. The minimum absolute atomic E-state index is 0.00658. The van der Waals surface area contributed by atoms with E-state index in [-0.39, 0.29) is 30.8 Å². The van der Waals surface area contributed by atoms with Crippen LogP contribution in [0.4, 0.5) is 13.2 Å². The van der Waals surface area contributed by atoms with Crippen LogP contribution in [0, 0.1) is 0 Å². The van der Waals surface area contributed by atoms with Crippen LogP contribution in [-0.2, 0) is 0 Å². The Bertz CT molecular complexity index is 526. The van der Waals surface area contributed by atoms with E-state index in [1.54, 1.807) is 0 Å². The van der Waals surface area contributed by atoms with Gasteiger partial charge in [-0.15, -0.1) is 0 Å². The molecule has 1 fully saturated rings. The lowest BCUT2D eigenvalue weighted by atomic mass is 9.98. The van der Waals surface area contributed by atoms with Crippen molar-refractivity contribution in [1.29, 1.82) is 0 Å². The van der Waals surface area contributed by atoms with Crippen molar-refractivity contribution >= 4 is 5.91 Å². The molecule has 0 aliphatic carbocycles. The molecule has 1 aliphatic heterocycles. The van der Waals surface area contributed by atoms with Crippen LogP contribution in [0.3, 0.4) is 0 Å². The number of nitrogens with zero attached hydrogens (tertiary/aromatic N) is 2. The molecule has 1 saturated heterocycles. The molecule has 5 nitrogen and oxygen atoms in total. The minimum Gasteiger partial charge on any atom is -0.348 e. The summed E-state index contributed by atoms with van der Waals surface area (Å²) in [6.45, 7) is 4.06. The van der Waals surface area contributed by atoms with Crippen LogP contribution >= 0.6 is 0 Å². The summed E-state index contributed by atoms with van der Waals surface area (Å²) in [6, 6.07) is -1.72. The van der Waals surface area contributed by atoms with Gasteiger partial charge in [-0.1, -0.05) is 13.8 Å². The predicted octanol–water partition coefficient (Wildman–Crippen LogP) is 2.29. The average Bonchev–Trinajstić information content (AvgIpc) is 2.86. The van der Waals surface area contributed by atoms with E-state index < -0.39 is 12.2 Å². The van der Waals surface area contributed by atoms with Crippen LogP contribution < -0.4 is 5.32 Å². The molecule has 0 spiro atoms. The van der Waals surface area contributed by atoms with E-state index in [1.807, 2.05) is 13.8 Å². The van der Waals surface area contributed by atoms with Gasteiger partial charge in [0.25, 0.3) is 5.91 Å². The Hall–Kier alpha value is -1.57. The summed E-state index contributed by atoms with van der Waals surface area (Å²) in [4.78, 5) is 13.5. The van der Waals surface area contributed by atoms with E-state index in [2.05, 4.69) is 15.5 Å². The van der Waals surface area contributed by atoms with Crippen molar-refractivity contribution < 1.29 is 18.0 Å². The van der Waals surface area contributed by atoms with Gasteiger partial charge in [0, 0.05) is 12.6 Å². The minimum atomic E-state index is -4.22. The summed E-state index contributed by atoms with van der Waals surface area (Å²) in [5, 5.41) is 9.47. The molecule has 0 aromatic carbocycles. The number of likely N-dealkylation sites (N-methyl/N-ethyl adjacent to an activating group) is 1. The third-order valence-electron chi connectivity index (χ3n) is 4.03. The van der Waals surface area contributed by atoms with Crippen molar-refractivity contribution in [1.82, 2.24) is 20.4 Å². The predicted molar refractivity (Wildman–Crippen MR) is 75.6 cm³/mol. The summed E-state index contributed by atoms with van der Waals surface area (Å²) in [6.07, 6.45) is -2.46. The standard InChI is InChI=1S/C14H21F3N4O/c1-8(2)12-10(6-18-20-12)13(22)19-9-4-5-11(14(15,16)17)21(3)7-9/h6,8-9,11H,4-5,7H2,1-3H3,(H,18,20)(H,19,22)/t9-,11-/m1/s1. The van der Waals surface area contributed by atoms with Gasteiger partial charge < -0.3 is 5.32 Å². The van der Waals surface area contributed by atoms with E-state index >= 15 is 0 Å². The Kier molecular flexibility index (Phi) is 4.79. The molecule has 1 aromatic heterocycles. The summed E-state index contributed by atoms with van der Waals surface area (Å²) >= 11 is 0. The van der Waals surface area contributed by atoms with E-state index in [0.717, 1.165) is 5.69 Å². The summed E-state index contributed by atoms with van der Waals surface area (Å²) in [5.74, 6) is -0.173. The first kappa shape index (κ1) is 16.8.